The fourth-order valence-corrected chi connectivity index (χ4v) is 7.99. The van der Waals surface area contributed by atoms with Crippen molar-refractivity contribution in [3.63, 3.8) is 0 Å². The molecule has 1 atom stereocenters. The average molecular weight is 354 g/mol. The van der Waals surface area contributed by atoms with Crippen LogP contribution < -0.4 is 16.1 Å². The smallest absolute Gasteiger partial charge is 0.319 e. The molecule has 0 saturated heterocycles. The molecule has 4 heteroatoms. The Kier molecular flexibility index (Phi) is 4.52. The van der Waals surface area contributed by atoms with Crippen LogP contribution in [0.15, 0.2) is 72.7 Å². The van der Waals surface area contributed by atoms with E-state index in [2.05, 4.69) is 69.3 Å². The Labute approximate surface area is 151 Å². The summed E-state index contributed by atoms with van der Waals surface area (Å²) < 4.78 is 12.4. The van der Waals surface area contributed by atoms with Gasteiger partial charge in [-0.3, -0.25) is 0 Å². The molecule has 2 N–H and O–H groups in total. The summed E-state index contributed by atoms with van der Waals surface area (Å²) >= 11 is 0. The summed E-state index contributed by atoms with van der Waals surface area (Å²) in [5.74, 6) is 0.738. The number of hydrogen-bond donors (Lipinski definition) is 1. The Morgan fingerprint density at radius 1 is 0.960 bits per heavy atom. The predicted molar refractivity (Wildman–Crippen MR) is 105 cm³/mol. The lowest BCUT2D eigenvalue weighted by Gasteiger charge is -2.44. The van der Waals surface area contributed by atoms with E-state index in [4.69, 9.17) is 14.9 Å². The highest BCUT2D eigenvalue weighted by molar-refractivity contribution is 6.99. The molecule has 0 bridgehead atoms. The molecule has 1 aliphatic heterocycles. The average Bonchev–Trinajstić information content (AvgIpc) is 2.91. The van der Waals surface area contributed by atoms with E-state index in [1.165, 1.54) is 10.4 Å². The Hall–Kier alpha value is -2.04. The van der Waals surface area contributed by atoms with E-state index >= 15 is 0 Å². The summed E-state index contributed by atoms with van der Waals surface area (Å²) in [7, 11) is -2.63. The molecular formula is C21H27NO2Si. The van der Waals surface area contributed by atoms with E-state index < -0.39 is 13.9 Å². The van der Waals surface area contributed by atoms with Gasteiger partial charge in [0, 0.05) is 0 Å². The highest BCUT2D eigenvalue weighted by Gasteiger charge is 2.54. The molecular weight excluding hydrogens is 326 g/mol. The third-order valence-electron chi connectivity index (χ3n) is 4.82. The summed E-state index contributed by atoms with van der Waals surface area (Å²) in [5, 5.41) is 2.38. The van der Waals surface area contributed by atoms with Crippen molar-refractivity contribution in [2.75, 3.05) is 6.61 Å². The lowest BCUT2D eigenvalue weighted by Crippen LogP contribution is -2.67. The third-order valence-corrected chi connectivity index (χ3v) is 9.75. The van der Waals surface area contributed by atoms with Crippen molar-refractivity contribution in [1.29, 1.82) is 0 Å². The normalized spacial score (nSPS) is 20.8. The van der Waals surface area contributed by atoms with Gasteiger partial charge >= 0.3 is 8.32 Å². The first kappa shape index (κ1) is 17.8. The minimum Gasteiger partial charge on any atom is -0.533 e. The van der Waals surface area contributed by atoms with Crippen molar-refractivity contribution in [1.82, 2.24) is 0 Å². The largest absolute Gasteiger partial charge is 0.533 e. The van der Waals surface area contributed by atoms with Gasteiger partial charge in [-0.1, -0.05) is 81.4 Å². The Morgan fingerprint density at radius 3 is 1.80 bits per heavy atom. The summed E-state index contributed by atoms with van der Waals surface area (Å²) in [6.45, 7) is 9.17. The zero-order valence-electron chi connectivity index (χ0n) is 15.5. The van der Waals surface area contributed by atoms with Crippen molar-refractivity contribution in [2.45, 2.75) is 38.3 Å². The molecule has 0 radical (unpaired) electrons. The van der Waals surface area contributed by atoms with Crippen LogP contribution in [-0.2, 0) is 9.16 Å². The molecule has 3 nitrogen and oxygen atoms in total. The molecule has 3 rings (SSSR count). The number of ether oxygens (including phenoxy) is 1. The van der Waals surface area contributed by atoms with Gasteiger partial charge in [0.15, 0.2) is 0 Å². The summed E-state index contributed by atoms with van der Waals surface area (Å²) in [5.41, 5.74) is 5.83. The van der Waals surface area contributed by atoms with E-state index in [1.807, 2.05) is 19.1 Å². The molecule has 0 aliphatic carbocycles. The minimum absolute atomic E-state index is 0.0881. The van der Waals surface area contributed by atoms with Crippen molar-refractivity contribution < 1.29 is 9.16 Å². The van der Waals surface area contributed by atoms with Crippen LogP contribution >= 0.6 is 0 Å². The maximum Gasteiger partial charge on any atom is 0.319 e. The molecule has 0 saturated carbocycles. The highest BCUT2D eigenvalue weighted by atomic mass is 28.4. The maximum absolute atomic E-state index is 6.90. The van der Waals surface area contributed by atoms with Crippen LogP contribution in [0.2, 0.25) is 5.04 Å². The molecule has 2 aromatic carbocycles. The number of hydrogen-bond acceptors (Lipinski definition) is 3. The second-order valence-corrected chi connectivity index (χ2v) is 12.2. The quantitative estimate of drug-likeness (QED) is 0.859. The molecule has 132 valence electrons. The van der Waals surface area contributed by atoms with Gasteiger partial charge in [0.25, 0.3) is 0 Å². The third kappa shape index (κ3) is 3.12. The fraction of sp³-hybridized carbons (Fsp3) is 0.333. The van der Waals surface area contributed by atoms with Crippen LogP contribution in [0.25, 0.3) is 0 Å². The zero-order valence-corrected chi connectivity index (χ0v) is 16.5. The number of rotatable bonds is 4. The van der Waals surface area contributed by atoms with E-state index in [1.54, 1.807) is 6.26 Å². The molecule has 25 heavy (non-hydrogen) atoms. The fourth-order valence-electron chi connectivity index (χ4n) is 3.45. The van der Waals surface area contributed by atoms with Crippen LogP contribution in [0.4, 0.5) is 0 Å². The van der Waals surface area contributed by atoms with Crippen LogP contribution in [0.3, 0.4) is 0 Å². The van der Waals surface area contributed by atoms with Crippen molar-refractivity contribution >= 4 is 18.7 Å². The number of nitrogens with two attached hydrogens (primary N) is 1. The summed E-state index contributed by atoms with van der Waals surface area (Å²) in [6, 6.07) is 21.1. The molecule has 0 aromatic heterocycles. The topological polar surface area (TPSA) is 44.5 Å². The van der Waals surface area contributed by atoms with Crippen molar-refractivity contribution in [3.8, 4) is 0 Å². The van der Waals surface area contributed by atoms with Gasteiger partial charge in [0.05, 0.1) is 0 Å². The van der Waals surface area contributed by atoms with E-state index in [9.17, 15) is 0 Å². The molecule has 1 heterocycles. The van der Waals surface area contributed by atoms with Crippen LogP contribution in [-0.4, -0.2) is 20.5 Å². The maximum atomic E-state index is 6.90. The monoisotopic (exact) mass is 353 g/mol. The van der Waals surface area contributed by atoms with Crippen molar-refractivity contribution in [2.24, 2.45) is 5.73 Å². The van der Waals surface area contributed by atoms with Gasteiger partial charge in [-0.05, 0) is 22.3 Å². The Balaban J connectivity index is 2.23. The van der Waals surface area contributed by atoms with Gasteiger partial charge < -0.3 is 14.9 Å². The Morgan fingerprint density at radius 2 is 1.44 bits per heavy atom. The molecule has 0 amide bonds. The Bertz CT molecular complexity index is 709. The zero-order chi connectivity index (χ0) is 18.1. The van der Waals surface area contributed by atoms with Crippen LogP contribution in [0, 0.1) is 0 Å². The first-order valence-corrected chi connectivity index (χ1v) is 10.6. The SMILES string of the molecule is CC1(N)COC=C1O[Si](c1ccccc1)(c1ccccc1)C(C)(C)C. The second-order valence-electron chi connectivity index (χ2n) is 7.98. The summed E-state index contributed by atoms with van der Waals surface area (Å²) in [6.07, 6.45) is 1.69. The first-order valence-electron chi connectivity index (χ1n) is 8.68. The lowest BCUT2D eigenvalue weighted by molar-refractivity contribution is 0.229. The van der Waals surface area contributed by atoms with E-state index in [0.717, 1.165) is 5.76 Å². The lowest BCUT2D eigenvalue weighted by atomic mass is 10.1. The molecule has 1 aliphatic rings. The second kappa shape index (κ2) is 6.35. The highest BCUT2D eigenvalue weighted by Crippen LogP contribution is 2.40. The number of benzene rings is 2. The molecule has 1 unspecified atom stereocenters. The minimum atomic E-state index is -2.63. The van der Waals surface area contributed by atoms with E-state index in [-0.39, 0.29) is 5.04 Å². The molecule has 2 aromatic rings. The predicted octanol–water partition coefficient (Wildman–Crippen LogP) is 3.15. The van der Waals surface area contributed by atoms with Gasteiger partial charge in [0.1, 0.15) is 24.2 Å². The molecule has 0 fully saturated rings. The van der Waals surface area contributed by atoms with Gasteiger partial charge in [-0.25, -0.2) is 0 Å². The standard InChI is InChI=1S/C21H27NO2Si/c1-20(2,3)25(17-11-7-5-8-12-17,18-13-9-6-10-14-18)24-19-15-23-16-21(19,4)22/h5-15H,16,22H2,1-4H3. The van der Waals surface area contributed by atoms with E-state index in [0.29, 0.717) is 6.61 Å². The van der Waals surface area contributed by atoms with Crippen LogP contribution in [0.1, 0.15) is 27.7 Å². The van der Waals surface area contributed by atoms with Gasteiger partial charge in [-0.15, -0.1) is 0 Å². The van der Waals surface area contributed by atoms with Gasteiger partial charge in [-0.2, -0.15) is 0 Å². The van der Waals surface area contributed by atoms with Crippen LogP contribution in [0.5, 0.6) is 0 Å². The van der Waals surface area contributed by atoms with Crippen molar-refractivity contribution in [3.05, 3.63) is 72.7 Å². The molecule has 0 spiro atoms. The van der Waals surface area contributed by atoms with Gasteiger partial charge in [0.2, 0.25) is 0 Å². The summed E-state index contributed by atoms with van der Waals surface area (Å²) in [4.78, 5) is 0. The first-order chi connectivity index (χ1) is 11.8.